The van der Waals surface area contributed by atoms with Gasteiger partial charge in [-0.25, -0.2) is 9.13 Å². The van der Waals surface area contributed by atoms with Crippen molar-refractivity contribution in [2.24, 2.45) is 0 Å². The maximum Gasteiger partial charge on any atom is 0.472 e. The van der Waals surface area contributed by atoms with Crippen LogP contribution in [0.15, 0.2) is 36.5 Å². The van der Waals surface area contributed by atoms with Gasteiger partial charge in [0.05, 0.1) is 18.8 Å². The Kier molecular flexibility index (Phi) is 35.7. The highest BCUT2D eigenvalue weighted by Gasteiger charge is 2.54. The van der Waals surface area contributed by atoms with E-state index < -0.39 is 95.7 Å². The molecule has 67 heavy (non-hydrogen) atoms. The molecule has 9 N–H and O–H groups in total. The van der Waals surface area contributed by atoms with E-state index in [9.17, 15) is 64.0 Å². The van der Waals surface area contributed by atoms with E-state index in [0.29, 0.717) is 38.5 Å². The highest BCUT2D eigenvalue weighted by molar-refractivity contribution is 7.47. The van der Waals surface area contributed by atoms with E-state index in [1.165, 1.54) is 19.3 Å². The summed E-state index contributed by atoms with van der Waals surface area (Å²) in [5.41, 5.74) is 0. The van der Waals surface area contributed by atoms with Crippen molar-refractivity contribution in [3.63, 3.8) is 0 Å². The van der Waals surface area contributed by atoms with Gasteiger partial charge in [0.1, 0.15) is 43.2 Å². The Morgan fingerprint density at radius 3 is 1.57 bits per heavy atom. The fraction of sp³-hybridized carbons (Fsp3) is 0.830. The van der Waals surface area contributed by atoms with Crippen molar-refractivity contribution in [2.75, 3.05) is 13.2 Å². The maximum atomic E-state index is 13.0. The molecule has 0 aromatic rings. The Labute approximate surface area is 399 Å². The minimum absolute atomic E-state index is 0.0567. The minimum Gasteiger partial charge on any atom is -0.462 e. The fourth-order valence-electron chi connectivity index (χ4n) is 7.37. The van der Waals surface area contributed by atoms with Gasteiger partial charge in [-0.1, -0.05) is 134 Å². The van der Waals surface area contributed by atoms with Gasteiger partial charge in [0, 0.05) is 12.8 Å². The van der Waals surface area contributed by atoms with Gasteiger partial charge in [-0.15, -0.1) is 0 Å². The summed E-state index contributed by atoms with van der Waals surface area (Å²) in [5.74, 6) is -1.32. The lowest BCUT2D eigenvalue weighted by Crippen LogP contribution is -2.64. The molecule has 0 saturated heterocycles. The normalized spacial score (nSPS) is 22.6. The number of rotatable bonds is 41. The second kappa shape index (κ2) is 37.9. The quantitative estimate of drug-likeness (QED) is 0.0124. The number of hydrogen-bond acceptors (Lipinski definition) is 15. The second-order valence-electron chi connectivity index (χ2n) is 17.5. The monoisotopic (exact) mass is 1000 g/mol. The predicted molar refractivity (Wildman–Crippen MR) is 253 cm³/mol. The Balaban J connectivity index is 2.63. The largest absolute Gasteiger partial charge is 0.472 e. The van der Waals surface area contributed by atoms with Crippen LogP contribution in [0.3, 0.4) is 0 Å². The Morgan fingerprint density at radius 2 is 1.01 bits per heavy atom. The Morgan fingerprint density at radius 1 is 0.537 bits per heavy atom. The maximum absolute atomic E-state index is 13.0. The second-order valence-corrected chi connectivity index (χ2v) is 20.1. The van der Waals surface area contributed by atoms with Crippen LogP contribution >= 0.6 is 15.6 Å². The first-order chi connectivity index (χ1) is 31.9. The summed E-state index contributed by atoms with van der Waals surface area (Å²) >= 11 is 0. The zero-order chi connectivity index (χ0) is 49.9. The van der Waals surface area contributed by atoms with Gasteiger partial charge in [-0.05, 0) is 70.6 Å². The summed E-state index contributed by atoms with van der Waals surface area (Å²) in [6.07, 6.45) is 18.1. The number of aliphatic hydroxyl groups is 6. The van der Waals surface area contributed by atoms with E-state index in [0.717, 1.165) is 96.3 Å². The lowest BCUT2D eigenvalue weighted by atomic mass is 9.85. The van der Waals surface area contributed by atoms with Gasteiger partial charge in [0.15, 0.2) is 6.10 Å². The van der Waals surface area contributed by atoms with Crippen LogP contribution in [0.4, 0.5) is 0 Å². The molecule has 0 aromatic carbocycles. The van der Waals surface area contributed by atoms with Gasteiger partial charge in [0.25, 0.3) is 0 Å². The SMILES string of the molecule is CCCCC/C=C\C/C=C\CCCCCCCCCC(=O)OC[C@H](COP(=O)(O)O[C@H]1C(O)C(O)C(O)[C@@H](OP(=O)(O)O)C1O)OC(=O)CCCCCCC[C@H](O)[C@@H](O)C/C=C\CCCCC. The van der Waals surface area contributed by atoms with Crippen LogP contribution in [0.25, 0.3) is 0 Å². The first-order valence-electron chi connectivity index (χ1n) is 24.7. The molecule has 0 spiro atoms. The van der Waals surface area contributed by atoms with Gasteiger partial charge >= 0.3 is 27.6 Å². The highest BCUT2D eigenvalue weighted by Crippen LogP contribution is 2.49. The number of carbonyl (C=O) groups excluding carboxylic acids is 2. The molecule has 1 aliphatic carbocycles. The van der Waals surface area contributed by atoms with Gasteiger partial charge < -0.3 is 54.8 Å². The van der Waals surface area contributed by atoms with Crippen LogP contribution in [-0.2, 0) is 41.8 Å². The van der Waals surface area contributed by atoms with Crippen molar-refractivity contribution in [3.05, 3.63) is 36.5 Å². The standard InChI is InChI=1S/C47H86O18P2/c1-3-5-7-9-11-12-13-14-15-16-17-18-19-20-21-25-29-33-40(50)61-35-37(36-62-67(59,60)65-47-44(54)42(52)43(53)46(45(47)55)64-66(56,57)58)63-41(51)34-30-26-22-24-28-32-39(49)38(48)31-27-23-10-8-6-4-2/h11-12,14-15,23,27,37-39,42-49,52-55H,3-10,13,16-22,24-26,28-36H2,1-2H3,(H,59,60)(H2,56,57,58)/b12-11-,15-14-,27-23-/t37-,38+,39+,42?,43?,44?,45?,46-,47+/m1/s1. The lowest BCUT2D eigenvalue weighted by Gasteiger charge is -2.43. The smallest absolute Gasteiger partial charge is 0.462 e. The van der Waals surface area contributed by atoms with Gasteiger partial charge in [-0.3, -0.25) is 23.2 Å². The van der Waals surface area contributed by atoms with Crippen molar-refractivity contribution in [3.8, 4) is 0 Å². The fourth-order valence-corrected chi connectivity index (χ4v) is 8.91. The highest BCUT2D eigenvalue weighted by atomic mass is 31.2. The van der Waals surface area contributed by atoms with Crippen LogP contribution in [0.5, 0.6) is 0 Å². The third kappa shape index (κ3) is 31.9. The van der Waals surface area contributed by atoms with Crippen LogP contribution in [0.1, 0.15) is 181 Å². The number of aliphatic hydroxyl groups excluding tert-OH is 6. The van der Waals surface area contributed by atoms with Crippen molar-refractivity contribution in [1.29, 1.82) is 0 Å². The summed E-state index contributed by atoms with van der Waals surface area (Å²) in [6.45, 7) is 2.90. The zero-order valence-corrected chi connectivity index (χ0v) is 41.8. The summed E-state index contributed by atoms with van der Waals surface area (Å²) in [5, 5.41) is 61.8. The summed E-state index contributed by atoms with van der Waals surface area (Å²) in [4.78, 5) is 54.3. The van der Waals surface area contributed by atoms with Crippen LogP contribution in [-0.4, -0.2) is 125 Å². The van der Waals surface area contributed by atoms with Gasteiger partial charge in [-0.2, -0.15) is 0 Å². The van der Waals surface area contributed by atoms with Crippen LogP contribution < -0.4 is 0 Å². The minimum atomic E-state index is -5.39. The predicted octanol–water partition coefficient (Wildman–Crippen LogP) is 7.45. The van der Waals surface area contributed by atoms with Crippen molar-refractivity contribution in [2.45, 2.75) is 236 Å². The molecule has 18 nitrogen and oxygen atoms in total. The average Bonchev–Trinajstić information content (AvgIpc) is 3.28. The van der Waals surface area contributed by atoms with Crippen LogP contribution in [0, 0.1) is 0 Å². The molecule has 0 heterocycles. The number of ether oxygens (including phenoxy) is 2. The third-order valence-electron chi connectivity index (χ3n) is 11.4. The van der Waals surface area contributed by atoms with Crippen molar-refractivity contribution >= 4 is 27.6 Å². The first kappa shape index (κ1) is 63.2. The molecule has 20 heteroatoms. The molecular weight excluding hydrogens is 914 g/mol. The molecule has 1 rings (SSSR count). The molecular formula is C47H86O18P2. The number of phosphoric acid groups is 2. The Bertz CT molecular complexity index is 1470. The average molecular weight is 1000 g/mol. The van der Waals surface area contributed by atoms with E-state index in [-0.39, 0.29) is 12.8 Å². The van der Waals surface area contributed by atoms with Crippen molar-refractivity contribution < 1.29 is 87.1 Å². The number of carbonyl (C=O) groups is 2. The van der Waals surface area contributed by atoms with E-state index in [2.05, 4.69) is 42.7 Å². The number of unbranched alkanes of at least 4 members (excludes halogenated alkanes) is 17. The molecule has 0 aliphatic heterocycles. The summed E-state index contributed by atoms with van der Waals surface area (Å²) in [7, 11) is -10.7. The zero-order valence-electron chi connectivity index (χ0n) is 40.1. The summed E-state index contributed by atoms with van der Waals surface area (Å²) in [6, 6.07) is 0. The Hall–Kier alpha value is -1.86. The van der Waals surface area contributed by atoms with Crippen molar-refractivity contribution in [1.82, 2.24) is 0 Å². The topological polar surface area (TPSA) is 296 Å². The first-order valence-corrected chi connectivity index (χ1v) is 27.7. The molecule has 5 unspecified atom stereocenters. The van der Waals surface area contributed by atoms with E-state index in [1.807, 2.05) is 12.2 Å². The molecule has 1 saturated carbocycles. The van der Waals surface area contributed by atoms with E-state index in [1.54, 1.807) is 0 Å². The lowest BCUT2D eigenvalue weighted by molar-refractivity contribution is -0.216. The number of allylic oxidation sites excluding steroid dienone is 5. The molecule has 0 radical (unpaired) electrons. The molecule has 1 fully saturated rings. The van der Waals surface area contributed by atoms with Gasteiger partial charge in [0.2, 0.25) is 0 Å². The molecule has 0 amide bonds. The summed E-state index contributed by atoms with van der Waals surface area (Å²) < 4.78 is 49.3. The molecule has 0 aromatic heterocycles. The number of esters is 2. The molecule has 10 atom stereocenters. The molecule has 0 bridgehead atoms. The molecule has 1 aliphatic rings. The third-order valence-corrected chi connectivity index (χ3v) is 12.9. The van der Waals surface area contributed by atoms with E-state index >= 15 is 0 Å². The van der Waals surface area contributed by atoms with E-state index in [4.69, 9.17) is 18.5 Å². The number of phosphoric ester groups is 2. The number of hydrogen-bond donors (Lipinski definition) is 9. The van der Waals surface area contributed by atoms with Crippen LogP contribution in [0.2, 0.25) is 0 Å². The molecule has 392 valence electrons.